The van der Waals surface area contributed by atoms with Gasteiger partial charge in [-0.05, 0) is 50.6 Å². The Kier molecular flexibility index (Phi) is 8.37. The van der Waals surface area contributed by atoms with Gasteiger partial charge in [-0.1, -0.05) is 43.3 Å². The third-order valence-corrected chi connectivity index (χ3v) is 6.41. The number of aryl methyl sites for hydroxylation is 1. The number of nitrogens with zero attached hydrogens (tertiary/aromatic N) is 1. The zero-order valence-corrected chi connectivity index (χ0v) is 18.4. The van der Waals surface area contributed by atoms with Crippen LogP contribution in [-0.4, -0.2) is 44.9 Å². The lowest BCUT2D eigenvalue weighted by molar-refractivity contribution is 0.0945. The minimum atomic E-state index is -3.73. The molecule has 0 saturated heterocycles. The summed E-state index contributed by atoms with van der Waals surface area (Å²) in [6, 6.07) is 14.5. The van der Waals surface area contributed by atoms with Gasteiger partial charge in [0.25, 0.3) is 5.91 Å². The SMILES string of the molecule is CCN(CCNC(=O)c1ccc(C)c(S(=O)(=O)NCc2ccccc2)c1)C(C)C. The van der Waals surface area contributed by atoms with Crippen LogP contribution in [0.1, 0.15) is 42.3 Å². The molecule has 158 valence electrons. The number of carbonyl (C=O) groups is 1. The Morgan fingerprint density at radius 1 is 1.10 bits per heavy atom. The monoisotopic (exact) mass is 417 g/mol. The molecule has 0 fully saturated rings. The Balaban J connectivity index is 2.07. The van der Waals surface area contributed by atoms with Gasteiger partial charge in [-0.3, -0.25) is 9.69 Å². The molecule has 0 heterocycles. The van der Waals surface area contributed by atoms with Crippen LogP contribution < -0.4 is 10.0 Å². The van der Waals surface area contributed by atoms with Crippen molar-refractivity contribution in [2.75, 3.05) is 19.6 Å². The summed E-state index contributed by atoms with van der Waals surface area (Å²) in [6.07, 6.45) is 0. The average Bonchev–Trinajstić information content (AvgIpc) is 2.70. The number of amides is 1. The molecule has 0 aliphatic carbocycles. The van der Waals surface area contributed by atoms with Gasteiger partial charge in [0.1, 0.15) is 0 Å². The summed E-state index contributed by atoms with van der Waals surface area (Å²) >= 11 is 0. The summed E-state index contributed by atoms with van der Waals surface area (Å²) in [6.45, 7) is 10.4. The van der Waals surface area contributed by atoms with Crippen LogP contribution in [0.3, 0.4) is 0 Å². The van der Waals surface area contributed by atoms with Crippen LogP contribution in [0.15, 0.2) is 53.4 Å². The Hall–Kier alpha value is -2.22. The highest BCUT2D eigenvalue weighted by atomic mass is 32.2. The van der Waals surface area contributed by atoms with Crippen LogP contribution in [0.4, 0.5) is 0 Å². The largest absolute Gasteiger partial charge is 0.351 e. The summed E-state index contributed by atoms with van der Waals surface area (Å²) in [5.41, 5.74) is 1.80. The van der Waals surface area contributed by atoms with Crippen molar-refractivity contribution in [2.24, 2.45) is 0 Å². The Labute approximate surface area is 174 Å². The Morgan fingerprint density at radius 3 is 2.41 bits per heavy atom. The highest BCUT2D eigenvalue weighted by molar-refractivity contribution is 7.89. The molecule has 1 amide bonds. The molecule has 2 aromatic rings. The normalized spacial score (nSPS) is 11.8. The van der Waals surface area contributed by atoms with Crippen molar-refractivity contribution in [2.45, 2.75) is 45.2 Å². The molecule has 0 unspecified atom stereocenters. The molecule has 0 bridgehead atoms. The molecule has 7 heteroatoms. The van der Waals surface area contributed by atoms with Crippen LogP contribution in [0.25, 0.3) is 0 Å². The molecule has 2 aromatic carbocycles. The molecule has 6 nitrogen and oxygen atoms in total. The number of likely N-dealkylation sites (N-methyl/N-ethyl adjacent to an activating group) is 1. The second kappa shape index (κ2) is 10.5. The summed E-state index contributed by atoms with van der Waals surface area (Å²) in [4.78, 5) is 14.9. The lowest BCUT2D eigenvalue weighted by atomic mass is 10.1. The minimum Gasteiger partial charge on any atom is -0.351 e. The topological polar surface area (TPSA) is 78.5 Å². The molecule has 29 heavy (non-hydrogen) atoms. The predicted molar refractivity (Wildman–Crippen MR) is 116 cm³/mol. The first-order valence-corrected chi connectivity index (χ1v) is 11.4. The van der Waals surface area contributed by atoms with Crippen molar-refractivity contribution in [3.63, 3.8) is 0 Å². The molecular weight excluding hydrogens is 386 g/mol. The van der Waals surface area contributed by atoms with E-state index in [1.54, 1.807) is 19.1 Å². The maximum Gasteiger partial charge on any atom is 0.251 e. The summed E-state index contributed by atoms with van der Waals surface area (Å²) < 4.78 is 28.1. The fraction of sp³-hybridized carbons (Fsp3) is 0.409. The van der Waals surface area contributed by atoms with Crippen LogP contribution in [0, 0.1) is 6.92 Å². The summed E-state index contributed by atoms with van der Waals surface area (Å²) in [7, 11) is -3.73. The van der Waals surface area contributed by atoms with Crippen LogP contribution in [0.2, 0.25) is 0 Å². The lowest BCUT2D eigenvalue weighted by Gasteiger charge is -2.24. The Morgan fingerprint density at radius 2 is 1.79 bits per heavy atom. The van der Waals surface area contributed by atoms with E-state index in [0.29, 0.717) is 23.7 Å². The fourth-order valence-electron chi connectivity index (χ4n) is 3.08. The van der Waals surface area contributed by atoms with Gasteiger partial charge < -0.3 is 5.32 Å². The molecule has 0 aliphatic heterocycles. The van der Waals surface area contributed by atoms with E-state index in [1.165, 1.54) is 6.07 Å². The average molecular weight is 418 g/mol. The molecule has 2 rings (SSSR count). The second-order valence-electron chi connectivity index (χ2n) is 7.27. The highest BCUT2D eigenvalue weighted by Crippen LogP contribution is 2.17. The molecule has 0 spiro atoms. The number of rotatable bonds is 10. The minimum absolute atomic E-state index is 0.124. The number of hydrogen-bond acceptors (Lipinski definition) is 4. The van der Waals surface area contributed by atoms with Gasteiger partial charge in [-0.25, -0.2) is 13.1 Å². The van der Waals surface area contributed by atoms with Gasteiger partial charge in [-0.15, -0.1) is 0 Å². The smallest absolute Gasteiger partial charge is 0.251 e. The van der Waals surface area contributed by atoms with Gasteiger partial charge in [-0.2, -0.15) is 0 Å². The van der Waals surface area contributed by atoms with Crippen LogP contribution in [-0.2, 0) is 16.6 Å². The molecule has 0 aromatic heterocycles. The second-order valence-corrected chi connectivity index (χ2v) is 9.00. The van der Waals surface area contributed by atoms with Gasteiger partial charge >= 0.3 is 0 Å². The van der Waals surface area contributed by atoms with Gasteiger partial charge in [0.15, 0.2) is 0 Å². The molecule has 0 atom stereocenters. The van der Waals surface area contributed by atoms with E-state index < -0.39 is 10.0 Å². The highest BCUT2D eigenvalue weighted by Gasteiger charge is 2.19. The number of sulfonamides is 1. The van der Waals surface area contributed by atoms with Crippen molar-refractivity contribution in [1.82, 2.24) is 14.9 Å². The maximum atomic E-state index is 12.8. The number of hydrogen-bond donors (Lipinski definition) is 2. The standard InChI is InChI=1S/C22H31N3O3S/c1-5-25(17(2)3)14-13-23-22(26)20-12-11-18(4)21(15-20)29(27,28)24-16-19-9-7-6-8-10-19/h6-12,15,17,24H,5,13-14,16H2,1-4H3,(H,23,26). The zero-order valence-electron chi connectivity index (χ0n) is 17.6. The van der Waals surface area contributed by atoms with E-state index >= 15 is 0 Å². The van der Waals surface area contributed by atoms with E-state index in [1.807, 2.05) is 30.3 Å². The summed E-state index contributed by atoms with van der Waals surface area (Å²) in [5, 5.41) is 2.88. The van der Waals surface area contributed by atoms with Crippen LogP contribution in [0.5, 0.6) is 0 Å². The maximum absolute atomic E-state index is 12.8. The predicted octanol–water partition coefficient (Wildman–Crippen LogP) is 2.93. The van der Waals surface area contributed by atoms with Gasteiger partial charge in [0.2, 0.25) is 10.0 Å². The van der Waals surface area contributed by atoms with Crippen LogP contribution >= 0.6 is 0 Å². The van der Waals surface area contributed by atoms with Crippen molar-refractivity contribution < 1.29 is 13.2 Å². The third-order valence-electron chi connectivity index (χ3n) is 4.87. The van der Waals surface area contributed by atoms with E-state index in [4.69, 9.17) is 0 Å². The zero-order chi connectivity index (χ0) is 21.4. The lowest BCUT2D eigenvalue weighted by Crippen LogP contribution is -2.38. The molecule has 0 aliphatic rings. The Bertz CT molecular complexity index is 912. The number of nitrogens with one attached hydrogen (secondary N) is 2. The quantitative estimate of drug-likeness (QED) is 0.623. The molecule has 2 N–H and O–H groups in total. The van der Waals surface area contributed by atoms with Gasteiger partial charge in [0.05, 0.1) is 4.90 Å². The van der Waals surface area contributed by atoms with Crippen molar-refractivity contribution in [1.29, 1.82) is 0 Å². The first kappa shape index (κ1) is 23.1. The molecule has 0 saturated carbocycles. The van der Waals surface area contributed by atoms with Crippen molar-refractivity contribution in [3.05, 3.63) is 65.2 Å². The fourth-order valence-corrected chi connectivity index (χ4v) is 4.37. The summed E-state index contributed by atoms with van der Waals surface area (Å²) in [5.74, 6) is -0.274. The third kappa shape index (κ3) is 6.66. The van der Waals surface area contributed by atoms with E-state index in [-0.39, 0.29) is 17.3 Å². The number of benzene rings is 2. The number of carbonyl (C=O) groups excluding carboxylic acids is 1. The van der Waals surface area contributed by atoms with E-state index in [2.05, 4.69) is 35.7 Å². The first-order chi connectivity index (χ1) is 13.7. The van der Waals surface area contributed by atoms with E-state index in [0.717, 1.165) is 18.7 Å². The van der Waals surface area contributed by atoms with Crippen molar-refractivity contribution >= 4 is 15.9 Å². The molecular formula is C22H31N3O3S. The first-order valence-electron chi connectivity index (χ1n) is 9.91. The van der Waals surface area contributed by atoms with Gasteiger partial charge in [0, 0.05) is 31.2 Å². The van der Waals surface area contributed by atoms with E-state index in [9.17, 15) is 13.2 Å². The molecule has 0 radical (unpaired) electrons. The van der Waals surface area contributed by atoms with Crippen molar-refractivity contribution in [3.8, 4) is 0 Å².